The van der Waals surface area contributed by atoms with Gasteiger partial charge in [-0.25, -0.2) is 0 Å². The summed E-state index contributed by atoms with van der Waals surface area (Å²) in [6.07, 6.45) is -12.7. The van der Waals surface area contributed by atoms with Gasteiger partial charge < -0.3 is 55.1 Å². The Balaban J connectivity index is 2.18. The number of rotatable bonds is 5. The van der Waals surface area contributed by atoms with E-state index in [1.807, 2.05) is 0 Å². The van der Waals surface area contributed by atoms with Gasteiger partial charge >= 0.3 is 0 Å². The summed E-state index contributed by atoms with van der Waals surface area (Å²) in [6.45, 7) is -2.32. The third-order valence-electron chi connectivity index (χ3n) is 4.07. The second-order valence-electron chi connectivity index (χ2n) is 5.56. The Morgan fingerprint density at radius 2 is 1.39 bits per heavy atom. The van der Waals surface area contributed by atoms with Crippen molar-refractivity contribution in [1.82, 2.24) is 0 Å². The van der Waals surface area contributed by atoms with Crippen LogP contribution in [0.4, 0.5) is 0 Å². The van der Waals surface area contributed by atoms with Crippen LogP contribution in [0.2, 0.25) is 0 Å². The molecule has 2 fully saturated rings. The molecule has 2 saturated heterocycles. The Labute approximate surface area is 130 Å². The van der Waals surface area contributed by atoms with E-state index in [0.29, 0.717) is 0 Å². The smallest absolute Gasteiger partial charge is 0.224 e. The minimum atomic E-state index is -2.22. The molecular formula is C12H22O11. The van der Waals surface area contributed by atoms with Crippen LogP contribution in [-0.4, -0.2) is 115 Å². The molecule has 0 spiro atoms. The van der Waals surface area contributed by atoms with Gasteiger partial charge in [-0.15, -0.1) is 0 Å². The highest BCUT2D eigenvalue weighted by Gasteiger charge is 2.58. The Hall–Kier alpha value is -0.440. The van der Waals surface area contributed by atoms with Crippen molar-refractivity contribution in [1.29, 1.82) is 0 Å². The fraction of sp³-hybridized carbons (Fsp3) is 1.00. The number of ether oxygens (including phenoxy) is 3. The van der Waals surface area contributed by atoms with Crippen LogP contribution in [0.25, 0.3) is 0 Å². The predicted molar refractivity (Wildman–Crippen MR) is 68.6 cm³/mol. The maximum Gasteiger partial charge on any atom is 0.224 e. The summed E-state index contributed by atoms with van der Waals surface area (Å²) < 4.78 is 15.4. The van der Waals surface area contributed by atoms with Gasteiger partial charge in [0.15, 0.2) is 6.29 Å². The molecule has 11 heteroatoms. The summed E-state index contributed by atoms with van der Waals surface area (Å²) >= 11 is 0. The second-order valence-corrected chi connectivity index (χ2v) is 5.56. The van der Waals surface area contributed by atoms with Crippen molar-refractivity contribution < 1.29 is 55.1 Å². The SMILES string of the molecule is OCC1O[C@H](O[C@]2(CO)O[C@H](CO)C(O)[C@H]2O)C(O)[C@H](O)[C@@H]1O. The van der Waals surface area contributed by atoms with Gasteiger partial charge in [-0.3, -0.25) is 0 Å². The highest BCUT2D eigenvalue weighted by Crippen LogP contribution is 2.35. The van der Waals surface area contributed by atoms with Crippen molar-refractivity contribution in [2.45, 2.75) is 54.8 Å². The summed E-state index contributed by atoms with van der Waals surface area (Å²) in [4.78, 5) is 0. The van der Waals surface area contributed by atoms with Crippen molar-refractivity contribution in [3.05, 3.63) is 0 Å². The maximum atomic E-state index is 10.00. The van der Waals surface area contributed by atoms with Crippen LogP contribution in [0, 0.1) is 0 Å². The molecule has 0 bridgehead atoms. The first-order valence-electron chi connectivity index (χ1n) is 7.05. The summed E-state index contributed by atoms with van der Waals surface area (Å²) in [5.41, 5.74) is 0. The zero-order valence-electron chi connectivity index (χ0n) is 12.0. The lowest BCUT2D eigenvalue weighted by Gasteiger charge is -2.43. The Kier molecular flexibility index (Phi) is 5.92. The monoisotopic (exact) mass is 342 g/mol. The average Bonchev–Trinajstić information content (AvgIpc) is 2.80. The lowest BCUT2D eigenvalue weighted by molar-refractivity contribution is -0.383. The molecule has 8 N–H and O–H groups in total. The number of aliphatic hydroxyl groups excluding tert-OH is 8. The molecule has 9 atom stereocenters. The third-order valence-corrected chi connectivity index (χ3v) is 4.07. The van der Waals surface area contributed by atoms with Gasteiger partial charge in [0.2, 0.25) is 5.79 Å². The van der Waals surface area contributed by atoms with Crippen molar-refractivity contribution in [3.63, 3.8) is 0 Å². The third kappa shape index (κ3) is 3.23. The maximum absolute atomic E-state index is 10.00. The fourth-order valence-corrected chi connectivity index (χ4v) is 2.63. The number of hydrogen-bond acceptors (Lipinski definition) is 11. The second kappa shape index (κ2) is 7.21. The Morgan fingerprint density at radius 3 is 1.87 bits per heavy atom. The lowest BCUT2D eigenvalue weighted by Crippen LogP contribution is -2.62. The fourth-order valence-electron chi connectivity index (χ4n) is 2.63. The van der Waals surface area contributed by atoms with E-state index in [0.717, 1.165) is 0 Å². The molecule has 3 unspecified atom stereocenters. The average molecular weight is 342 g/mol. The van der Waals surface area contributed by atoms with E-state index in [1.54, 1.807) is 0 Å². The Morgan fingerprint density at radius 1 is 0.783 bits per heavy atom. The van der Waals surface area contributed by atoms with Crippen LogP contribution in [0.5, 0.6) is 0 Å². The molecule has 0 radical (unpaired) electrons. The van der Waals surface area contributed by atoms with E-state index >= 15 is 0 Å². The van der Waals surface area contributed by atoms with E-state index in [1.165, 1.54) is 0 Å². The summed E-state index contributed by atoms with van der Waals surface area (Å²) in [6, 6.07) is 0. The highest BCUT2D eigenvalue weighted by atomic mass is 16.8. The van der Waals surface area contributed by atoms with Crippen LogP contribution in [0.3, 0.4) is 0 Å². The van der Waals surface area contributed by atoms with Gasteiger partial charge in [0, 0.05) is 0 Å². The number of aliphatic hydroxyl groups is 8. The van der Waals surface area contributed by atoms with Gasteiger partial charge in [-0.05, 0) is 0 Å². The standard InChI is InChI=1S/C12H22O11/c13-1-4-6(16)8(18)9(19)11(21-4)23-12(3-15)10(20)7(17)5(2-14)22-12/h4-11,13-20H,1-3H2/t4?,5-,6-,7?,8-,9?,10-,11-,12+/m1/s1. The van der Waals surface area contributed by atoms with Crippen molar-refractivity contribution >= 4 is 0 Å². The summed E-state index contributed by atoms with van der Waals surface area (Å²) in [5.74, 6) is -2.22. The molecule has 0 aliphatic carbocycles. The normalized spacial score (nSPS) is 51.1. The molecule has 2 heterocycles. The molecule has 2 rings (SSSR count). The molecule has 11 nitrogen and oxygen atoms in total. The molecule has 136 valence electrons. The highest BCUT2D eigenvalue weighted by molar-refractivity contribution is 4.98. The van der Waals surface area contributed by atoms with Gasteiger partial charge in [-0.2, -0.15) is 0 Å². The zero-order chi connectivity index (χ0) is 17.4. The van der Waals surface area contributed by atoms with E-state index in [4.69, 9.17) is 24.4 Å². The molecule has 23 heavy (non-hydrogen) atoms. The first-order valence-corrected chi connectivity index (χ1v) is 7.05. The van der Waals surface area contributed by atoms with E-state index in [2.05, 4.69) is 0 Å². The van der Waals surface area contributed by atoms with Crippen LogP contribution in [-0.2, 0) is 14.2 Å². The summed E-state index contributed by atoms with van der Waals surface area (Å²) in [7, 11) is 0. The van der Waals surface area contributed by atoms with Crippen LogP contribution in [0.1, 0.15) is 0 Å². The molecule has 0 aromatic heterocycles. The largest absolute Gasteiger partial charge is 0.394 e. The van der Waals surface area contributed by atoms with Gasteiger partial charge in [0.05, 0.1) is 13.2 Å². The summed E-state index contributed by atoms with van der Waals surface area (Å²) in [5, 5.41) is 76.7. The topological polar surface area (TPSA) is 190 Å². The molecule has 0 aromatic carbocycles. The van der Waals surface area contributed by atoms with E-state index in [-0.39, 0.29) is 0 Å². The molecule has 0 amide bonds. The quantitative estimate of drug-likeness (QED) is 0.238. The van der Waals surface area contributed by atoms with Crippen molar-refractivity contribution in [2.75, 3.05) is 19.8 Å². The predicted octanol–water partition coefficient (Wildman–Crippen LogP) is -5.40. The number of hydrogen-bond donors (Lipinski definition) is 8. The van der Waals surface area contributed by atoms with Crippen LogP contribution < -0.4 is 0 Å². The van der Waals surface area contributed by atoms with Crippen LogP contribution in [0.15, 0.2) is 0 Å². The first kappa shape index (κ1) is 18.9. The molecular weight excluding hydrogens is 320 g/mol. The molecule has 0 saturated carbocycles. The van der Waals surface area contributed by atoms with Crippen LogP contribution >= 0.6 is 0 Å². The van der Waals surface area contributed by atoms with Gasteiger partial charge in [0.25, 0.3) is 0 Å². The first-order chi connectivity index (χ1) is 10.8. The minimum absolute atomic E-state index is 0.669. The minimum Gasteiger partial charge on any atom is -0.394 e. The van der Waals surface area contributed by atoms with E-state index in [9.17, 15) is 30.6 Å². The Bertz CT molecular complexity index is 393. The van der Waals surface area contributed by atoms with Gasteiger partial charge in [0.1, 0.15) is 49.3 Å². The zero-order valence-corrected chi connectivity index (χ0v) is 12.0. The lowest BCUT2D eigenvalue weighted by atomic mass is 9.99. The molecule has 2 aliphatic rings. The molecule has 0 aromatic rings. The van der Waals surface area contributed by atoms with Gasteiger partial charge in [-0.1, -0.05) is 0 Å². The van der Waals surface area contributed by atoms with E-state index < -0.39 is 74.6 Å². The van der Waals surface area contributed by atoms with Crippen molar-refractivity contribution in [2.24, 2.45) is 0 Å². The molecule has 2 aliphatic heterocycles. The van der Waals surface area contributed by atoms with Crippen molar-refractivity contribution in [3.8, 4) is 0 Å².